The molecule has 0 fully saturated rings. The van der Waals surface area contributed by atoms with E-state index in [0.717, 1.165) is 23.7 Å². The highest BCUT2D eigenvalue weighted by molar-refractivity contribution is 7.15. The zero-order chi connectivity index (χ0) is 12.5. The summed E-state index contributed by atoms with van der Waals surface area (Å²) in [6.45, 7) is 3.18. The zero-order valence-corrected chi connectivity index (χ0v) is 11.6. The monoisotopic (exact) mass is 262 g/mol. The normalized spacial score (nSPS) is 18.9. The fraction of sp³-hybridized carbons (Fsp3) is 0.538. The summed E-state index contributed by atoms with van der Waals surface area (Å²) in [5, 5.41) is 8.89. The van der Waals surface area contributed by atoms with Gasteiger partial charge in [-0.25, -0.2) is 4.98 Å². The van der Waals surface area contributed by atoms with Crippen molar-refractivity contribution in [2.75, 3.05) is 6.54 Å². The van der Waals surface area contributed by atoms with Gasteiger partial charge in [0.15, 0.2) is 0 Å². The molecular formula is C13H18N4S. The molecule has 1 unspecified atom stereocenters. The van der Waals surface area contributed by atoms with Gasteiger partial charge in [0.2, 0.25) is 0 Å². The molecule has 2 heterocycles. The fourth-order valence-electron chi connectivity index (χ4n) is 2.55. The summed E-state index contributed by atoms with van der Waals surface area (Å²) in [4.78, 5) is 6.23. The van der Waals surface area contributed by atoms with Crippen LogP contribution in [-0.4, -0.2) is 21.3 Å². The Morgan fingerprint density at radius 1 is 1.56 bits per heavy atom. The van der Waals surface area contributed by atoms with Crippen molar-refractivity contribution in [2.45, 2.75) is 32.2 Å². The van der Waals surface area contributed by atoms with Gasteiger partial charge in [-0.3, -0.25) is 4.68 Å². The van der Waals surface area contributed by atoms with E-state index in [2.05, 4.69) is 17.3 Å². The maximum absolute atomic E-state index is 4.80. The number of rotatable bonds is 3. The van der Waals surface area contributed by atoms with Gasteiger partial charge in [-0.05, 0) is 31.9 Å². The highest BCUT2D eigenvalue weighted by Crippen LogP contribution is 2.37. The Labute approximate surface area is 111 Å². The number of hydrogen-bond acceptors (Lipinski definition) is 4. The molecule has 0 saturated heterocycles. The molecule has 2 aromatic heterocycles. The van der Waals surface area contributed by atoms with Crippen LogP contribution < -0.4 is 5.32 Å². The second kappa shape index (κ2) is 4.82. The maximum Gasteiger partial charge on any atom is 0.142 e. The molecule has 3 rings (SSSR count). The van der Waals surface area contributed by atoms with E-state index in [9.17, 15) is 0 Å². The van der Waals surface area contributed by atoms with Gasteiger partial charge in [-0.15, -0.1) is 11.3 Å². The Balaban J connectivity index is 1.98. The number of hydrogen-bond donors (Lipinski definition) is 1. The van der Waals surface area contributed by atoms with E-state index in [1.54, 1.807) is 0 Å². The van der Waals surface area contributed by atoms with E-state index >= 15 is 0 Å². The number of nitrogens with one attached hydrogen (secondary N) is 1. The fourth-order valence-corrected chi connectivity index (χ4v) is 3.83. The van der Waals surface area contributed by atoms with Crippen LogP contribution >= 0.6 is 11.3 Å². The van der Waals surface area contributed by atoms with Crippen molar-refractivity contribution in [1.82, 2.24) is 20.1 Å². The molecule has 1 aliphatic carbocycles. The second-order valence-corrected chi connectivity index (χ2v) is 5.70. The molecule has 1 atom stereocenters. The van der Waals surface area contributed by atoms with E-state index in [0.29, 0.717) is 6.04 Å². The first-order valence-corrected chi connectivity index (χ1v) is 7.32. The van der Waals surface area contributed by atoms with Crippen LogP contribution in [0.2, 0.25) is 0 Å². The van der Waals surface area contributed by atoms with Crippen molar-refractivity contribution in [3.05, 3.63) is 22.8 Å². The molecule has 4 nitrogen and oxygen atoms in total. The van der Waals surface area contributed by atoms with Crippen LogP contribution in [0.3, 0.4) is 0 Å². The molecule has 0 aromatic carbocycles. The van der Waals surface area contributed by atoms with Crippen molar-refractivity contribution in [3.8, 4) is 10.7 Å². The molecular weight excluding hydrogens is 244 g/mol. The van der Waals surface area contributed by atoms with Crippen LogP contribution in [0.5, 0.6) is 0 Å². The van der Waals surface area contributed by atoms with Crippen LogP contribution in [0.15, 0.2) is 12.3 Å². The standard InChI is InChI=1S/C13H18N4S/c1-3-14-9-5-4-6-10-12(9)18-13(16-10)11-7-8-15-17(11)2/h7-9,14H,3-6H2,1-2H3. The highest BCUT2D eigenvalue weighted by Gasteiger charge is 2.24. The maximum atomic E-state index is 4.80. The Hall–Kier alpha value is -1.20. The highest BCUT2D eigenvalue weighted by atomic mass is 32.1. The molecule has 96 valence electrons. The predicted octanol–water partition coefficient (Wildman–Crippen LogP) is 2.53. The summed E-state index contributed by atoms with van der Waals surface area (Å²) in [6.07, 6.45) is 5.41. The average molecular weight is 262 g/mol. The summed E-state index contributed by atoms with van der Waals surface area (Å²) in [6, 6.07) is 2.53. The summed E-state index contributed by atoms with van der Waals surface area (Å²) >= 11 is 1.82. The molecule has 0 radical (unpaired) electrons. The molecule has 0 bridgehead atoms. The lowest BCUT2D eigenvalue weighted by atomic mass is 9.98. The van der Waals surface area contributed by atoms with Crippen molar-refractivity contribution in [3.63, 3.8) is 0 Å². The topological polar surface area (TPSA) is 42.7 Å². The van der Waals surface area contributed by atoms with Crippen molar-refractivity contribution in [2.24, 2.45) is 7.05 Å². The van der Waals surface area contributed by atoms with E-state index in [4.69, 9.17) is 4.98 Å². The van der Waals surface area contributed by atoms with Gasteiger partial charge in [0.05, 0.1) is 11.4 Å². The number of aromatic nitrogens is 3. The summed E-state index contributed by atoms with van der Waals surface area (Å²) in [7, 11) is 1.97. The van der Waals surface area contributed by atoms with E-state index < -0.39 is 0 Å². The van der Waals surface area contributed by atoms with Crippen LogP contribution in [-0.2, 0) is 13.5 Å². The van der Waals surface area contributed by atoms with Gasteiger partial charge in [0.25, 0.3) is 0 Å². The van der Waals surface area contributed by atoms with Crippen molar-refractivity contribution < 1.29 is 0 Å². The minimum atomic E-state index is 0.498. The molecule has 1 N–H and O–H groups in total. The van der Waals surface area contributed by atoms with E-state index in [1.807, 2.05) is 35.3 Å². The van der Waals surface area contributed by atoms with Gasteiger partial charge in [-0.2, -0.15) is 5.10 Å². The molecule has 18 heavy (non-hydrogen) atoms. The van der Waals surface area contributed by atoms with Crippen LogP contribution in [0.25, 0.3) is 10.7 Å². The Morgan fingerprint density at radius 2 is 2.44 bits per heavy atom. The summed E-state index contributed by atoms with van der Waals surface area (Å²) in [5.74, 6) is 0. The predicted molar refractivity (Wildman–Crippen MR) is 73.7 cm³/mol. The second-order valence-electron chi connectivity index (χ2n) is 4.67. The molecule has 5 heteroatoms. The van der Waals surface area contributed by atoms with Gasteiger partial charge < -0.3 is 5.32 Å². The minimum Gasteiger partial charge on any atom is -0.309 e. The first-order valence-electron chi connectivity index (χ1n) is 6.51. The quantitative estimate of drug-likeness (QED) is 0.924. The van der Waals surface area contributed by atoms with Gasteiger partial charge in [-0.1, -0.05) is 6.92 Å². The summed E-state index contributed by atoms with van der Waals surface area (Å²) < 4.78 is 1.90. The lowest BCUT2D eigenvalue weighted by Crippen LogP contribution is -2.23. The SMILES string of the molecule is CCNC1CCCc2nc(-c3ccnn3C)sc21. The van der Waals surface area contributed by atoms with Crippen molar-refractivity contribution >= 4 is 11.3 Å². The number of fused-ring (bicyclic) bond motifs is 1. The largest absolute Gasteiger partial charge is 0.309 e. The first kappa shape index (κ1) is 11.9. The number of aryl methyl sites for hydroxylation is 2. The van der Waals surface area contributed by atoms with Gasteiger partial charge in [0, 0.05) is 24.2 Å². The van der Waals surface area contributed by atoms with Gasteiger partial charge >= 0.3 is 0 Å². The lowest BCUT2D eigenvalue weighted by Gasteiger charge is -2.21. The first-order chi connectivity index (χ1) is 8.79. The third kappa shape index (κ3) is 1.97. The summed E-state index contributed by atoms with van der Waals surface area (Å²) in [5.41, 5.74) is 2.40. The van der Waals surface area contributed by atoms with Crippen LogP contribution in [0, 0.1) is 0 Å². The third-order valence-corrected chi connectivity index (χ3v) is 4.67. The Morgan fingerprint density at radius 3 is 3.17 bits per heavy atom. The molecule has 1 aliphatic rings. The average Bonchev–Trinajstić information content (AvgIpc) is 2.95. The van der Waals surface area contributed by atoms with Crippen LogP contribution in [0.1, 0.15) is 36.4 Å². The zero-order valence-electron chi connectivity index (χ0n) is 10.8. The van der Waals surface area contributed by atoms with Gasteiger partial charge in [0.1, 0.15) is 5.01 Å². The lowest BCUT2D eigenvalue weighted by molar-refractivity contribution is 0.476. The number of nitrogens with zero attached hydrogens (tertiary/aromatic N) is 3. The Kier molecular flexibility index (Phi) is 3.18. The minimum absolute atomic E-state index is 0.498. The van der Waals surface area contributed by atoms with Crippen LogP contribution in [0.4, 0.5) is 0 Å². The molecule has 2 aromatic rings. The number of thiazole rings is 1. The van der Waals surface area contributed by atoms with E-state index in [1.165, 1.54) is 23.4 Å². The van der Waals surface area contributed by atoms with Crippen molar-refractivity contribution in [1.29, 1.82) is 0 Å². The van der Waals surface area contributed by atoms with E-state index in [-0.39, 0.29) is 0 Å². The smallest absolute Gasteiger partial charge is 0.142 e. The Bertz CT molecular complexity index is 543. The molecule has 0 saturated carbocycles. The molecule has 0 aliphatic heterocycles. The molecule has 0 amide bonds. The molecule has 0 spiro atoms. The third-order valence-electron chi connectivity index (χ3n) is 3.44.